The van der Waals surface area contributed by atoms with Crippen molar-refractivity contribution in [3.63, 3.8) is 0 Å². The molecule has 0 aromatic heterocycles. The molecular weight excluding hydrogens is 274 g/mol. The van der Waals surface area contributed by atoms with Crippen molar-refractivity contribution < 1.29 is 5.11 Å². The molecule has 0 radical (unpaired) electrons. The lowest BCUT2D eigenvalue weighted by Gasteiger charge is -2.38. The fourth-order valence-electron chi connectivity index (χ4n) is 1.79. The largest absolute Gasteiger partial charge is 0.395 e. The van der Waals surface area contributed by atoms with Crippen LogP contribution in [0.3, 0.4) is 0 Å². The molecule has 1 aliphatic heterocycles. The molecule has 1 aromatic rings. The second-order valence-electron chi connectivity index (χ2n) is 3.80. The van der Waals surface area contributed by atoms with Gasteiger partial charge in [-0.3, -0.25) is 0 Å². The fraction of sp³-hybridized carbons (Fsp3) is 0.455. The number of hydrogen-bond acceptors (Lipinski definition) is 3. The van der Waals surface area contributed by atoms with Gasteiger partial charge in [-0.15, -0.1) is 11.8 Å². The summed E-state index contributed by atoms with van der Waals surface area (Å²) in [5.41, 5.74) is 1.25. The number of aliphatic hydroxyl groups excluding tert-OH is 1. The zero-order chi connectivity index (χ0) is 11.0. The van der Waals surface area contributed by atoms with Gasteiger partial charge in [0.05, 0.1) is 17.5 Å². The van der Waals surface area contributed by atoms with Crippen molar-refractivity contribution in [1.82, 2.24) is 0 Å². The van der Waals surface area contributed by atoms with Gasteiger partial charge < -0.3 is 10.0 Å². The van der Waals surface area contributed by atoms with Gasteiger partial charge in [-0.25, -0.2) is 0 Å². The predicted octanol–water partition coefficient (Wildman–Crippen LogP) is 2.74. The van der Waals surface area contributed by atoms with Crippen LogP contribution < -0.4 is 4.90 Å². The van der Waals surface area contributed by atoms with E-state index in [1.807, 2.05) is 0 Å². The summed E-state index contributed by atoms with van der Waals surface area (Å²) in [5, 5.41) is 9.58. The van der Waals surface area contributed by atoms with Gasteiger partial charge in [-0.1, -0.05) is 15.9 Å². The van der Waals surface area contributed by atoms with Crippen molar-refractivity contribution in [2.24, 2.45) is 0 Å². The lowest BCUT2D eigenvalue weighted by atomic mass is 10.1. The van der Waals surface area contributed by atoms with Crippen molar-refractivity contribution in [3.05, 3.63) is 22.7 Å². The molecule has 0 saturated carbocycles. The van der Waals surface area contributed by atoms with E-state index < -0.39 is 0 Å². The minimum atomic E-state index is 0.224. The molecule has 0 spiro atoms. The first-order valence-corrected chi connectivity index (χ1v) is 6.60. The van der Waals surface area contributed by atoms with Crippen LogP contribution in [0.4, 0.5) is 5.69 Å². The van der Waals surface area contributed by atoms with E-state index in [1.54, 1.807) is 11.8 Å². The molecule has 2 atom stereocenters. The van der Waals surface area contributed by atoms with Crippen LogP contribution in [0.25, 0.3) is 0 Å². The van der Waals surface area contributed by atoms with Crippen molar-refractivity contribution in [2.75, 3.05) is 18.6 Å². The predicted molar refractivity (Wildman–Crippen MR) is 68.7 cm³/mol. The van der Waals surface area contributed by atoms with Crippen LogP contribution in [-0.2, 0) is 0 Å². The van der Waals surface area contributed by atoms with E-state index in [0.717, 1.165) is 4.47 Å². The molecule has 1 aromatic carbocycles. The van der Waals surface area contributed by atoms with E-state index in [0.29, 0.717) is 6.04 Å². The Morgan fingerprint density at radius 2 is 2.27 bits per heavy atom. The Hall–Kier alpha value is -0.190. The highest BCUT2D eigenvalue weighted by molar-refractivity contribution is 9.10. The molecule has 1 N–H and O–H groups in total. The van der Waals surface area contributed by atoms with E-state index >= 15 is 0 Å². The molecule has 82 valence electrons. The molecule has 15 heavy (non-hydrogen) atoms. The Bertz CT molecular complexity index is 372. The SMILES string of the molecule is CC1C(CO)Sc2cc(Br)ccc2N1C. The average molecular weight is 288 g/mol. The standard InChI is InChI=1S/C11H14BrNOS/c1-7-11(6-14)15-10-5-8(12)3-4-9(10)13(7)2/h3-5,7,11,14H,6H2,1-2H3. The van der Waals surface area contributed by atoms with Gasteiger partial charge in [0, 0.05) is 22.5 Å². The zero-order valence-corrected chi connectivity index (χ0v) is 11.2. The van der Waals surface area contributed by atoms with Crippen molar-refractivity contribution >= 4 is 33.4 Å². The van der Waals surface area contributed by atoms with E-state index in [2.05, 4.69) is 53.0 Å². The molecule has 0 aliphatic carbocycles. The van der Waals surface area contributed by atoms with Gasteiger partial charge in [0.2, 0.25) is 0 Å². The number of hydrogen-bond donors (Lipinski definition) is 1. The summed E-state index contributed by atoms with van der Waals surface area (Å²) in [6.07, 6.45) is 0. The second kappa shape index (κ2) is 4.36. The van der Waals surface area contributed by atoms with E-state index in [1.165, 1.54) is 10.6 Å². The van der Waals surface area contributed by atoms with Gasteiger partial charge in [0.15, 0.2) is 0 Å². The topological polar surface area (TPSA) is 23.5 Å². The maximum Gasteiger partial charge on any atom is 0.0573 e. The lowest BCUT2D eigenvalue weighted by molar-refractivity contribution is 0.282. The Morgan fingerprint density at radius 1 is 1.53 bits per heavy atom. The molecule has 0 bridgehead atoms. The minimum Gasteiger partial charge on any atom is -0.395 e. The summed E-state index contributed by atoms with van der Waals surface area (Å²) in [7, 11) is 2.08. The first-order valence-electron chi connectivity index (χ1n) is 4.93. The molecule has 0 saturated heterocycles. The van der Waals surface area contributed by atoms with Crippen LogP contribution >= 0.6 is 27.7 Å². The highest BCUT2D eigenvalue weighted by Crippen LogP contribution is 2.41. The molecular formula is C11H14BrNOS. The lowest BCUT2D eigenvalue weighted by Crippen LogP contribution is -2.42. The summed E-state index contributed by atoms with van der Waals surface area (Å²) in [6, 6.07) is 6.66. The van der Waals surface area contributed by atoms with Gasteiger partial charge in [0.1, 0.15) is 0 Å². The smallest absolute Gasteiger partial charge is 0.0573 e. The number of thioether (sulfide) groups is 1. The normalized spacial score (nSPS) is 25.2. The number of anilines is 1. The summed E-state index contributed by atoms with van der Waals surface area (Å²) >= 11 is 5.23. The zero-order valence-electron chi connectivity index (χ0n) is 8.77. The van der Waals surface area contributed by atoms with Gasteiger partial charge in [0.25, 0.3) is 0 Å². The molecule has 0 amide bonds. The Morgan fingerprint density at radius 3 is 2.93 bits per heavy atom. The van der Waals surface area contributed by atoms with Crippen molar-refractivity contribution in [1.29, 1.82) is 0 Å². The quantitative estimate of drug-likeness (QED) is 0.859. The maximum atomic E-state index is 9.31. The van der Waals surface area contributed by atoms with E-state index in [9.17, 15) is 5.11 Å². The van der Waals surface area contributed by atoms with Gasteiger partial charge >= 0.3 is 0 Å². The number of rotatable bonds is 1. The summed E-state index contributed by atoms with van der Waals surface area (Å²) in [6.45, 7) is 2.38. The molecule has 2 nitrogen and oxygen atoms in total. The molecule has 4 heteroatoms. The highest BCUT2D eigenvalue weighted by Gasteiger charge is 2.29. The Balaban J connectivity index is 2.40. The molecule has 1 aliphatic rings. The third kappa shape index (κ3) is 2.03. The Kier molecular flexibility index (Phi) is 3.28. The Labute approximate surface area is 103 Å². The number of halogens is 1. The summed E-state index contributed by atoms with van der Waals surface area (Å²) in [5.74, 6) is 0. The maximum absolute atomic E-state index is 9.31. The van der Waals surface area contributed by atoms with Crippen LogP contribution in [0.2, 0.25) is 0 Å². The number of fused-ring (bicyclic) bond motifs is 1. The highest BCUT2D eigenvalue weighted by atomic mass is 79.9. The summed E-state index contributed by atoms with van der Waals surface area (Å²) in [4.78, 5) is 3.48. The van der Waals surface area contributed by atoms with E-state index in [4.69, 9.17) is 0 Å². The number of nitrogens with zero attached hydrogens (tertiary/aromatic N) is 1. The van der Waals surface area contributed by atoms with Crippen LogP contribution in [0.1, 0.15) is 6.92 Å². The first kappa shape index (κ1) is 11.3. The fourth-order valence-corrected chi connectivity index (χ4v) is 3.61. The monoisotopic (exact) mass is 287 g/mol. The summed E-state index contributed by atoms with van der Waals surface area (Å²) < 4.78 is 1.09. The van der Waals surface area contributed by atoms with Crippen molar-refractivity contribution in [2.45, 2.75) is 23.1 Å². The molecule has 2 unspecified atom stereocenters. The second-order valence-corrected chi connectivity index (χ2v) is 6.00. The average Bonchev–Trinajstić information content (AvgIpc) is 2.23. The van der Waals surface area contributed by atoms with Crippen molar-refractivity contribution in [3.8, 4) is 0 Å². The van der Waals surface area contributed by atoms with Crippen LogP contribution in [-0.4, -0.2) is 30.1 Å². The molecule has 0 fully saturated rings. The van der Waals surface area contributed by atoms with E-state index in [-0.39, 0.29) is 11.9 Å². The first-order chi connectivity index (χ1) is 7.13. The van der Waals surface area contributed by atoms with Crippen LogP contribution in [0.5, 0.6) is 0 Å². The minimum absolute atomic E-state index is 0.224. The molecule has 1 heterocycles. The third-order valence-corrected chi connectivity index (χ3v) is 4.83. The number of aliphatic hydroxyl groups is 1. The van der Waals surface area contributed by atoms with Gasteiger partial charge in [-0.2, -0.15) is 0 Å². The third-order valence-electron chi connectivity index (χ3n) is 2.91. The van der Waals surface area contributed by atoms with Crippen LogP contribution in [0.15, 0.2) is 27.6 Å². The number of benzene rings is 1. The van der Waals surface area contributed by atoms with Crippen LogP contribution in [0, 0.1) is 0 Å². The molecule has 2 rings (SSSR count). The van der Waals surface area contributed by atoms with Gasteiger partial charge in [-0.05, 0) is 25.1 Å².